The smallest absolute Gasteiger partial charge is 0.0142 e. The third kappa shape index (κ3) is 3.66. The fourth-order valence-electron chi connectivity index (χ4n) is 0.648. The molecule has 0 saturated heterocycles. The summed E-state index contributed by atoms with van der Waals surface area (Å²) in [5.74, 6) is 0. The summed E-state index contributed by atoms with van der Waals surface area (Å²) in [5.41, 5.74) is 2.26. The molecule has 0 aromatic rings. The molecule has 62 valence electrons. The molecule has 0 aromatic heterocycles. The van der Waals surface area contributed by atoms with Crippen LogP contribution in [0.3, 0.4) is 0 Å². The van der Waals surface area contributed by atoms with Crippen LogP contribution < -0.4 is 0 Å². The van der Waals surface area contributed by atoms with Crippen molar-refractivity contribution in [3.8, 4) is 0 Å². The van der Waals surface area contributed by atoms with Crippen molar-refractivity contribution in [2.45, 2.75) is 20.8 Å². The molecule has 1 nitrogen and oxygen atoms in total. The SMILES string of the molecule is C=C(C)N(C)/C(C)=C/C=C\C. The molecule has 0 spiro atoms. The highest BCUT2D eigenvalue weighted by atomic mass is 15.1. The van der Waals surface area contributed by atoms with E-state index in [1.807, 2.05) is 33.0 Å². The highest BCUT2D eigenvalue weighted by molar-refractivity contribution is 5.12. The molecule has 0 N–H and O–H groups in total. The van der Waals surface area contributed by atoms with Crippen molar-refractivity contribution >= 4 is 0 Å². The molecule has 0 aliphatic carbocycles. The first kappa shape index (κ1) is 10.0. The minimum absolute atomic E-state index is 1.06. The number of hydrogen-bond acceptors (Lipinski definition) is 1. The van der Waals surface area contributed by atoms with E-state index in [1.54, 1.807) is 0 Å². The van der Waals surface area contributed by atoms with Gasteiger partial charge in [0.15, 0.2) is 0 Å². The monoisotopic (exact) mass is 151 g/mol. The summed E-state index contributed by atoms with van der Waals surface area (Å²) in [7, 11) is 2.01. The molecule has 0 fully saturated rings. The second kappa shape index (κ2) is 4.78. The first-order valence-electron chi connectivity index (χ1n) is 3.78. The first-order valence-corrected chi connectivity index (χ1v) is 3.78. The van der Waals surface area contributed by atoms with E-state index in [2.05, 4.69) is 24.5 Å². The van der Waals surface area contributed by atoms with Gasteiger partial charge in [-0.25, -0.2) is 0 Å². The Morgan fingerprint density at radius 3 is 2.27 bits per heavy atom. The van der Waals surface area contributed by atoms with Crippen molar-refractivity contribution in [2.24, 2.45) is 0 Å². The van der Waals surface area contributed by atoms with E-state index in [1.165, 1.54) is 5.70 Å². The summed E-state index contributed by atoms with van der Waals surface area (Å²) >= 11 is 0. The summed E-state index contributed by atoms with van der Waals surface area (Å²) in [6.07, 6.45) is 6.10. The molecule has 0 radical (unpaired) electrons. The van der Waals surface area contributed by atoms with Crippen molar-refractivity contribution in [1.82, 2.24) is 4.90 Å². The lowest BCUT2D eigenvalue weighted by Gasteiger charge is -2.18. The molecule has 0 bridgehead atoms. The Hall–Kier alpha value is -0.980. The van der Waals surface area contributed by atoms with Gasteiger partial charge in [0.25, 0.3) is 0 Å². The van der Waals surface area contributed by atoms with E-state index in [0.717, 1.165) is 5.70 Å². The van der Waals surface area contributed by atoms with Gasteiger partial charge in [-0.2, -0.15) is 0 Å². The Morgan fingerprint density at radius 2 is 1.91 bits per heavy atom. The second-order valence-electron chi connectivity index (χ2n) is 2.63. The van der Waals surface area contributed by atoms with Crippen LogP contribution in [0.1, 0.15) is 20.8 Å². The molecule has 0 aliphatic rings. The normalized spacial score (nSPS) is 12.2. The Bertz CT molecular complexity index is 187. The zero-order chi connectivity index (χ0) is 8.85. The minimum Gasteiger partial charge on any atom is -0.353 e. The lowest BCUT2D eigenvalue weighted by molar-refractivity contribution is 0.524. The maximum Gasteiger partial charge on any atom is 0.0142 e. The highest BCUT2D eigenvalue weighted by Gasteiger charge is 1.95. The van der Waals surface area contributed by atoms with Crippen LogP contribution in [0.4, 0.5) is 0 Å². The predicted molar refractivity (Wildman–Crippen MR) is 51.1 cm³/mol. The average molecular weight is 151 g/mol. The Kier molecular flexibility index (Phi) is 4.35. The van der Waals surface area contributed by atoms with Gasteiger partial charge < -0.3 is 4.90 Å². The molecule has 0 aliphatic heterocycles. The summed E-state index contributed by atoms with van der Waals surface area (Å²) in [6, 6.07) is 0. The van der Waals surface area contributed by atoms with Gasteiger partial charge in [0.2, 0.25) is 0 Å². The zero-order valence-electron chi connectivity index (χ0n) is 7.89. The average Bonchev–Trinajstić information content (AvgIpc) is 1.98. The lowest BCUT2D eigenvalue weighted by atomic mass is 10.3. The van der Waals surface area contributed by atoms with E-state index in [-0.39, 0.29) is 0 Å². The van der Waals surface area contributed by atoms with Crippen LogP contribution in [0, 0.1) is 0 Å². The molecule has 0 unspecified atom stereocenters. The van der Waals surface area contributed by atoms with E-state index < -0.39 is 0 Å². The van der Waals surface area contributed by atoms with Crippen LogP contribution in [0.25, 0.3) is 0 Å². The Labute approximate surface area is 69.7 Å². The molecule has 0 heterocycles. The summed E-state index contributed by atoms with van der Waals surface area (Å²) in [5, 5.41) is 0. The van der Waals surface area contributed by atoms with Crippen LogP contribution in [0.15, 0.2) is 36.2 Å². The number of allylic oxidation sites excluding steroid dienone is 5. The third-order valence-electron chi connectivity index (χ3n) is 1.63. The fraction of sp³-hybridized carbons (Fsp3) is 0.400. The molecule has 0 aromatic carbocycles. The van der Waals surface area contributed by atoms with Crippen LogP contribution in [-0.2, 0) is 0 Å². The molecule has 1 heteroatoms. The second-order valence-corrected chi connectivity index (χ2v) is 2.63. The molecular formula is C10H17N. The standard InChI is InChI=1S/C10H17N/c1-6-7-8-10(4)11(5)9(2)3/h6-8H,2H2,1,3-5H3/b7-6-,10-8+. The van der Waals surface area contributed by atoms with Gasteiger partial charge >= 0.3 is 0 Å². The van der Waals surface area contributed by atoms with E-state index >= 15 is 0 Å². The molecule has 0 saturated carbocycles. The summed E-state index contributed by atoms with van der Waals surface area (Å²) in [6.45, 7) is 9.91. The fourth-order valence-corrected chi connectivity index (χ4v) is 0.648. The van der Waals surface area contributed by atoms with Crippen molar-refractivity contribution < 1.29 is 0 Å². The van der Waals surface area contributed by atoms with Gasteiger partial charge in [-0.05, 0) is 26.8 Å². The van der Waals surface area contributed by atoms with Gasteiger partial charge in [0, 0.05) is 18.4 Å². The summed E-state index contributed by atoms with van der Waals surface area (Å²) < 4.78 is 0. The van der Waals surface area contributed by atoms with E-state index in [4.69, 9.17) is 0 Å². The maximum absolute atomic E-state index is 3.85. The number of nitrogens with zero attached hydrogens (tertiary/aromatic N) is 1. The summed E-state index contributed by atoms with van der Waals surface area (Å²) in [4.78, 5) is 2.06. The largest absolute Gasteiger partial charge is 0.353 e. The van der Waals surface area contributed by atoms with Crippen molar-refractivity contribution in [3.05, 3.63) is 36.2 Å². The molecule has 0 atom stereocenters. The van der Waals surface area contributed by atoms with Gasteiger partial charge in [0.1, 0.15) is 0 Å². The van der Waals surface area contributed by atoms with Crippen LogP contribution in [0.2, 0.25) is 0 Å². The maximum atomic E-state index is 3.85. The molecule has 0 rings (SSSR count). The van der Waals surface area contributed by atoms with Crippen molar-refractivity contribution in [2.75, 3.05) is 7.05 Å². The van der Waals surface area contributed by atoms with E-state index in [0.29, 0.717) is 0 Å². The molecule has 11 heavy (non-hydrogen) atoms. The van der Waals surface area contributed by atoms with Crippen molar-refractivity contribution in [3.63, 3.8) is 0 Å². The number of rotatable bonds is 3. The van der Waals surface area contributed by atoms with Gasteiger partial charge in [0.05, 0.1) is 0 Å². The minimum atomic E-state index is 1.06. The van der Waals surface area contributed by atoms with Crippen LogP contribution in [0.5, 0.6) is 0 Å². The quantitative estimate of drug-likeness (QED) is 0.560. The number of hydrogen-bond donors (Lipinski definition) is 0. The van der Waals surface area contributed by atoms with Gasteiger partial charge in [-0.15, -0.1) is 0 Å². The van der Waals surface area contributed by atoms with Crippen molar-refractivity contribution in [1.29, 1.82) is 0 Å². The first-order chi connectivity index (χ1) is 5.09. The Balaban J connectivity index is 4.22. The molecule has 0 amide bonds. The topological polar surface area (TPSA) is 3.24 Å². The lowest BCUT2D eigenvalue weighted by Crippen LogP contribution is -2.11. The molecular weight excluding hydrogens is 134 g/mol. The van der Waals surface area contributed by atoms with E-state index in [9.17, 15) is 0 Å². The highest BCUT2D eigenvalue weighted by Crippen LogP contribution is 2.06. The third-order valence-corrected chi connectivity index (χ3v) is 1.63. The van der Waals surface area contributed by atoms with Gasteiger partial charge in [-0.3, -0.25) is 0 Å². The van der Waals surface area contributed by atoms with Crippen LogP contribution in [-0.4, -0.2) is 11.9 Å². The predicted octanol–water partition coefficient (Wildman–Crippen LogP) is 2.93. The Morgan fingerprint density at radius 1 is 1.36 bits per heavy atom. The van der Waals surface area contributed by atoms with Gasteiger partial charge in [-0.1, -0.05) is 18.7 Å². The van der Waals surface area contributed by atoms with Crippen LogP contribution >= 0.6 is 0 Å². The zero-order valence-corrected chi connectivity index (χ0v) is 7.89.